The predicted octanol–water partition coefficient (Wildman–Crippen LogP) is 2.73. The van der Waals surface area contributed by atoms with E-state index in [2.05, 4.69) is 5.32 Å². The van der Waals surface area contributed by atoms with E-state index in [9.17, 15) is 9.59 Å². The highest BCUT2D eigenvalue weighted by atomic mass is 16.5. The average molecular weight is 341 g/mol. The summed E-state index contributed by atoms with van der Waals surface area (Å²) < 4.78 is 10.5. The van der Waals surface area contributed by atoms with Crippen molar-refractivity contribution >= 4 is 18.0 Å². The zero-order valence-corrected chi connectivity index (χ0v) is 14.0. The fourth-order valence-electron chi connectivity index (χ4n) is 2.22. The summed E-state index contributed by atoms with van der Waals surface area (Å²) in [6.07, 6.45) is 3.05. The minimum Gasteiger partial charge on any atom is -0.493 e. The normalized spacial score (nSPS) is 10.5. The monoisotopic (exact) mass is 341 g/mol. The number of hydrogen-bond acceptors (Lipinski definition) is 4. The molecule has 2 rings (SSSR count). The molecule has 0 atom stereocenters. The van der Waals surface area contributed by atoms with Gasteiger partial charge in [0.1, 0.15) is 0 Å². The molecule has 0 saturated carbocycles. The molecule has 25 heavy (non-hydrogen) atoms. The van der Waals surface area contributed by atoms with Gasteiger partial charge in [0, 0.05) is 18.2 Å². The van der Waals surface area contributed by atoms with E-state index < -0.39 is 5.97 Å². The van der Waals surface area contributed by atoms with Gasteiger partial charge in [-0.15, -0.1) is 0 Å². The van der Waals surface area contributed by atoms with Crippen molar-refractivity contribution < 1.29 is 24.2 Å². The van der Waals surface area contributed by atoms with E-state index in [-0.39, 0.29) is 11.5 Å². The van der Waals surface area contributed by atoms with Gasteiger partial charge in [0.05, 0.1) is 19.8 Å². The van der Waals surface area contributed by atoms with Crippen LogP contribution in [0.25, 0.3) is 6.08 Å². The molecule has 0 bridgehead atoms. The summed E-state index contributed by atoms with van der Waals surface area (Å²) in [5, 5.41) is 11.6. The van der Waals surface area contributed by atoms with Crippen molar-refractivity contribution in [2.75, 3.05) is 14.2 Å². The average Bonchev–Trinajstić information content (AvgIpc) is 2.64. The molecule has 2 aromatic rings. The van der Waals surface area contributed by atoms with Crippen molar-refractivity contribution in [1.82, 2.24) is 5.32 Å². The summed E-state index contributed by atoms with van der Waals surface area (Å²) in [6, 6.07) is 11.7. The quantitative estimate of drug-likeness (QED) is 0.757. The second-order valence-electron chi connectivity index (χ2n) is 5.14. The molecule has 1 amide bonds. The van der Waals surface area contributed by atoms with Gasteiger partial charge in [0.15, 0.2) is 11.5 Å². The summed E-state index contributed by atoms with van der Waals surface area (Å²) in [6.45, 7) is 0.304. The van der Waals surface area contributed by atoms with Gasteiger partial charge in [-0.25, -0.2) is 4.79 Å². The fourth-order valence-corrected chi connectivity index (χ4v) is 2.22. The van der Waals surface area contributed by atoms with Crippen LogP contribution in [-0.2, 0) is 11.3 Å². The number of para-hydroxylation sites is 1. The van der Waals surface area contributed by atoms with Crippen LogP contribution in [0.15, 0.2) is 48.5 Å². The number of aromatic carboxylic acids is 1. The summed E-state index contributed by atoms with van der Waals surface area (Å²) in [5.41, 5.74) is 1.74. The predicted molar refractivity (Wildman–Crippen MR) is 93.8 cm³/mol. The molecular formula is C19H19NO5. The van der Waals surface area contributed by atoms with E-state index in [1.165, 1.54) is 25.3 Å². The molecule has 0 radical (unpaired) electrons. The van der Waals surface area contributed by atoms with Crippen molar-refractivity contribution in [2.24, 2.45) is 0 Å². The zero-order valence-electron chi connectivity index (χ0n) is 14.0. The molecule has 6 heteroatoms. The van der Waals surface area contributed by atoms with Crippen molar-refractivity contribution in [1.29, 1.82) is 0 Å². The topological polar surface area (TPSA) is 84.9 Å². The lowest BCUT2D eigenvalue weighted by Crippen LogP contribution is -2.20. The van der Waals surface area contributed by atoms with Crippen LogP contribution in [0.2, 0.25) is 0 Å². The summed E-state index contributed by atoms with van der Waals surface area (Å²) in [7, 11) is 3.09. The Morgan fingerprint density at radius 3 is 2.40 bits per heavy atom. The van der Waals surface area contributed by atoms with Gasteiger partial charge in [0.25, 0.3) is 0 Å². The maximum Gasteiger partial charge on any atom is 0.335 e. The zero-order chi connectivity index (χ0) is 18.2. The molecule has 0 unspecified atom stereocenters. The molecule has 0 heterocycles. The third-order valence-electron chi connectivity index (χ3n) is 3.52. The fraction of sp³-hybridized carbons (Fsp3) is 0.158. The third-order valence-corrected chi connectivity index (χ3v) is 3.52. The van der Waals surface area contributed by atoms with Crippen molar-refractivity contribution in [3.8, 4) is 11.5 Å². The number of nitrogens with one attached hydrogen (secondary N) is 1. The number of methoxy groups -OCH3 is 2. The van der Waals surface area contributed by atoms with Gasteiger partial charge in [0.2, 0.25) is 5.91 Å². The molecule has 130 valence electrons. The molecule has 2 aromatic carbocycles. The van der Waals surface area contributed by atoms with Gasteiger partial charge in [-0.3, -0.25) is 4.79 Å². The summed E-state index contributed by atoms with van der Waals surface area (Å²) >= 11 is 0. The number of carboxylic acid groups (broad SMARTS) is 1. The standard InChI is InChI=1S/C19H19NO5/c1-24-16-5-3-4-14(18(16)25-2)10-11-17(21)20-12-13-6-8-15(9-7-13)19(22)23/h3-11H,12H2,1-2H3,(H,20,21)(H,22,23)/b11-10+. The van der Waals surface area contributed by atoms with Crippen LogP contribution in [0.5, 0.6) is 11.5 Å². The van der Waals surface area contributed by atoms with E-state index in [1.807, 2.05) is 12.1 Å². The molecule has 0 saturated heterocycles. The molecule has 0 aromatic heterocycles. The van der Waals surface area contributed by atoms with Crippen molar-refractivity contribution in [3.63, 3.8) is 0 Å². The lowest BCUT2D eigenvalue weighted by molar-refractivity contribution is -0.116. The molecule has 0 spiro atoms. The van der Waals surface area contributed by atoms with Gasteiger partial charge in [-0.2, -0.15) is 0 Å². The van der Waals surface area contributed by atoms with Gasteiger partial charge >= 0.3 is 5.97 Å². The molecule has 0 fully saturated rings. The first-order chi connectivity index (χ1) is 12.0. The largest absolute Gasteiger partial charge is 0.493 e. The third kappa shape index (κ3) is 4.84. The highest BCUT2D eigenvalue weighted by Crippen LogP contribution is 2.31. The first kappa shape index (κ1) is 18.1. The van der Waals surface area contributed by atoms with Crippen LogP contribution >= 0.6 is 0 Å². The smallest absolute Gasteiger partial charge is 0.335 e. The van der Waals surface area contributed by atoms with Crippen molar-refractivity contribution in [2.45, 2.75) is 6.54 Å². The SMILES string of the molecule is COc1cccc(/C=C/C(=O)NCc2ccc(C(=O)O)cc2)c1OC. The molecule has 0 aliphatic carbocycles. The van der Waals surface area contributed by atoms with Crippen LogP contribution in [0.4, 0.5) is 0 Å². The lowest BCUT2D eigenvalue weighted by Gasteiger charge is -2.09. The number of amides is 1. The van der Waals surface area contributed by atoms with Crippen LogP contribution in [0, 0.1) is 0 Å². The molecule has 0 aliphatic rings. The minimum absolute atomic E-state index is 0.208. The van der Waals surface area contributed by atoms with Crippen LogP contribution < -0.4 is 14.8 Å². The van der Waals surface area contributed by atoms with Gasteiger partial charge in [-0.05, 0) is 29.8 Å². The first-order valence-corrected chi connectivity index (χ1v) is 7.54. The summed E-state index contributed by atoms with van der Waals surface area (Å²) in [4.78, 5) is 22.8. The number of carboxylic acids is 1. The molecule has 0 aliphatic heterocycles. The number of rotatable bonds is 7. The lowest BCUT2D eigenvalue weighted by atomic mass is 10.1. The number of ether oxygens (including phenoxy) is 2. The Hall–Kier alpha value is -3.28. The van der Waals surface area contributed by atoms with Crippen LogP contribution in [-0.4, -0.2) is 31.2 Å². The van der Waals surface area contributed by atoms with E-state index in [1.54, 1.807) is 31.4 Å². The minimum atomic E-state index is -0.981. The second-order valence-corrected chi connectivity index (χ2v) is 5.14. The van der Waals surface area contributed by atoms with Gasteiger partial charge < -0.3 is 19.9 Å². The molecule has 6 nitrogen and oxygen atoms in total. The van der Waals surface area contributed by atoms with E-state index in [0.29, 0.717) is 18.0 Å². The number of benzene rings is 2. The van der Waals surface area contributed by atoms with E-state index >= 15 is 0 Å². The van der Waals surface area contributed by atoms with Crippen LogP contribution in [0.1, 0.15) is 21.5 Å². The van der Waals surface area contributed by atoms with Gasteiger partial charge in [-0.1, -0.05) is 24.3 Å². The first-order valence-electron chi connectivity index (χ1n) is 7.54. The van der Waals surface area contributed by atoms with E-state index in [4.69, 9.17) is 14.6 Å². The molecule has 2 N–H and O–H groups in total. The molecular weight excluding hydrogens is 322 g/mol. The Balaban J connectivity index is 1.98. The number of carbonyl (C=O) groups is 2. The number of carbonyl (C=O) groups excluding carboxylic acids is 1. The van der Waals surface area contributed by atoms with E-state index in [0.717, 1.165) is 11.1 Å². The maximum atomic E-state index is 12.0. The Labute approximate surface area is 145 Å². The Kier molecular flexibility index (Phi) is 6.17. The second kappa shape index (κ2) is 8.54. The Bertz CT molecular complexity index is 781. The maximum absolute atomic E-state index is 12.0. The highest BCUT2D eigenvalue weighted by Gasteiger charge is 2.07. The van der Waals surface area contributed by atoms with Crippen LogP contribution in [0.3, 0.4) is 0 Å². The number of hydrogen-bond donors (Lipinski definition) is 2. The highest BCUT2D eigenvalue weighted by molar-refractivity contribution is 5.92. The Morgan fingerprint density at radius 1 is 1.08 bits per heavy atom. The van der Waals surface area contributed by atoms with Crippen molar-refractivity contribution in [3.05, 3.63) is 65.2 Å². The summed E-state index contributed by atoms with van der Waals surface area (Å²) in [5.74, 6) is -0.111. The Morgan fingerprint density at radius 2 is 1.80 bits per heavy atom.